The number of hydrogen-bond acceptors (Lipinski definition) is 1. The van der Waals surface area contributed by atoms with Gasteiger partial charge in [0.15, 0.2) is 0 Å². The molecule has 1 nitrogen and oxygen atoms in total. The van der Waals surface area contributed by atoms with Crippen LogP contribution in [0.3, 0.4) is 0 Å². The van der Waals surface area contributed by atoms with Crippen LogP contribution in [0, 0.1) is 19.3 Å². The van der Waals surface area contributed by atoms with E-state index in [1.807, 2.05) is 0 Å². The molecule has 1 aromatic rings. The van der Waals surface area contributed by atoms with E-state index < -0.39 is 0 Å². The van der Waals surface area contributed by atoms with E-state index in [4.69, 9.17) is 4.74 Å². The van der Waals surface area contributed by atoms with Gasteiger partial charge in [0.1, 0.15) is 5.75 Å². The van der Waals surface area contributed by atoms with E-state index in [0.717, 1.165) is 17.7 Å². The van der Waals surface area contributed by atoms with E-state index in [9.17, 15) is 0 Å². The van der Waals surface area contributed by atoms with Gasteiger partial charge >= 0.3 is 0 Å². The van der Waals surface area contributed by atoms with Gasteiger partial charge in [0.25, 0.3) is 0 Å². The maximum atomic E-state index is 6.02. The Hall–Kier alpha value is -0.500. The molecule has 2 rings (SSSR count). The lowest BCUT2D eigenvalue weighted by Gasteiger charge is -2.26. The maximum Gasteiger partial charge on any atom is 0.119 e. The standard InChI is InChI=1S/C15H21BrO/c1-12-7-13(2)9-14(8-12)17-11-15(10-16)5-3-4-6-15/h7-9H,3-6,10-11H2,1-2H3. The lowest BCUT2D eigenvalue weighted by atomic mass is 9.90. The second kappa shape index (κ2) is 5.43. The monoisotopic (exact) mass is 296 g/mol. The van der Waals surface area contributed by atoms with Gasteiger partial charge in [-0.3, -0.25) is 0 Å². The largest absolute Gasteiger partial charge is 0.493 e. The number of aryl methyl sites for hydroxylation is 2. The van der Waals surface area contributed by atoms with Gasteiger partial charge in [-0.2, -0.15) is 0 Å². The predicted molar refractivity (Wildman–Crippen MR) is 76.1 cm³/mol. The highest BCUT2D eigenvalue weighted by Crippen LogP contribution is 2.40. The molecule has 0 bridgehead atoms. The van der Waals surface area contributed by atoms with Crippen LogP contribution >= 0.6 is 15.9 Å². The molecule has 0 saturated heterocycles. The number of halogens is 1. The lowest BCUT2D eigenvalue weighted by molar-refractivity contribution is 0.174. The highest BCUT2D eigenvalue weighted by atomic mass is 79.9. The molecule has 0 N–H and O–H groups in total. The first-order valence-corrected chi connectivity index (χ1v) is 7.53. The first-order chi connectivity index (χ1) is 8.13. The van der Waals surface area contributed by atoms with Crippen molar-refractivity contribution in [1.29, 1.82) is 0 Å². The topological polar surface area (TPSA) is 9.23 Å². The molecular formula is C15H21BrO. The Morgan fingerprint density at radius 1 is 1.12 bits per heavy atom. The third-order valence-corrected chi connectivity index (χ3v) is 4.88. The average molecular weight is 297 g/mol. The van der Waals surface area contributed by atoms with Gasteiger partial charge < -0.3 is 4.74 Å². The summed E-state index contributed by atoms with van der Waals surface area (Å²) in [5.41, 5.74) is 2.93. The van der Waals surface area contributed by atoms with E-state index in [1.54, 1.807) is 0 Å². The highest BCUT2D eigenvalue weighted by molar-refractivity contribution is 9.09. The molecule has 0 spiro atoms. The molecule has 0 atom stereocenters. The van der Waals surface area contributed by atoms with Crippen LogP contribution < -0.4 is 4.74 Å². The Bertz CT molecular complexity index is 360. The van der Waals surface area contributed by atoms with Crippen molar-refractivity contribution >= 4 is 15.9 Å². The molecular weight excluding hydrogens is 276 g/mol. The fourth-order valence-electron chi connectivity index (χ4n) is 2.69. The summed E-state index contributed by atoms with van der Waals surface area (Å²) in [5, 5.41) is 1.06. The Morgan fingerprint density at radius 3 is 2.24 bits per heavy atom. The number of benzene rings is 1. The zero-order chi connectivity index (χ0) is 12.3. The highest BCUT2D eigenvalue weighted by Gasteiger charge is 2.33. The molecule has 1 fully saturated rings. The fourth-order valence-corrected chi connectivity index (χ4v) is 3.42. The summed E-state index contributed by atoms with van der Waals surface area (Å²) in [6.45, 7) is 5.09. The van der Waals surface area contributed by atoms with Crippen molar-refractivity contribution in [3.8, 4) is 5.75 Å². The van der Waals surface area contributed by atoms with E-state index in [1.165, 1.54) is 36.8 Å². The molecule has 1 aromatic carbocycles. The van der Waals surface area contributed by atoms with Gasteiger partial charge in [0, 0.05) is 10.7 Å². The van der Waals surface area contributed by atoms with E-state index >= 15 is 0 Å². The van der Waals surface area contributed by atoms with Crippen LogP contribution in [-0.2, 0) is 0 Å². The van der Waals surface area contributed by atoms with Crippen LogP contribution in [0.15, 0.2) is 18.2 Å². The van der Waals surface area contributed by atoms with Crippen LogP contribution in [0.1, 0.15) is 36.8 Å². The van der Waals surface area contributed by atoms with Crippen LogP contribution in [0.4, 0.5) is 0 Å². The quantitative estimate of drug-likeness (QED) is 0.736. The van der Waals surface area contributed by atoms with Crippen LogP contribution in [-0.4, -0.2) is 11.9 Å². The smallest absolute Gasteiger partial charge is 0.119 e. The Balaban J connectivity index is 2.01. The maximum absolute atomic E-state index is 6.02. The van der Waals surface area contributed by atoms with Crippen LogP contribution in [0.5, 0.6) is 5.75 Å². The summed E-state index contributed by atoms with van der Waals surface area (Å²) in [5.74, 6) is 1.02. The van der Waals surface area contributed by atoms with Crippen molar-refractivity contribution in [2.24, 2.45) is 5.41 Å². The van der Waals surface area contributed by atoms with Gasteiger partial charge in [0.05, 0.1) is 6.61 Å². The number of rotatable bonds is 4. The first-order valence-electron chi connectivity index (χ1n) is 6.41. The van der Waals surface area contributed by atoms with Crippen molar-refractivity contribution in [1.82, 2.24) is 0 Å². The van der Waals surface area contributed by atoms with Crippen molar-refractivity contribution in [3.05, 3.63) is 29.3 Å². The summed E-state index contributed by atoms with van der Waals surface area (Å²) in [6.07, 6.45) is 5.29. The van der Waals surface area contributed by atoms with E-state index in [0.29, 0.717) is 5.41 Å². The lowest BCUT2D eigenvalue weighted by Crippen LogP contribution is -2.27. The van der Waals surface area contributed by atoms with Gasteiger partial charge in [0.2, 0.25) is 0 Å². The second-order valence-corrected chi connectivity index (χ2v) is 6.01. The SMILES string of the molecule is Cc1cc(C)cc(OCC2(CBr)CCCC2)c1. The molecule has 2 heteroatoms. The summed E-state index contributed by atoms with van der Waals surface area (Å²) < 4.78 is 6.02. The number of alkyl halides is 1. The average Bonchev–Trinajstić information content (AvgIpc) is 2.74. The molecule has 94 valence electrons. The molecule has 17 heavy (non-hydrogen) atoms. The summed E-state index contributed by atoms with van der Waals surface area (Å²) in [7, 11) is 0. The van der Waals surface area contributed by atoms with Gasteiger partial charge in [-0.05, 0) is 49.9 Å². The molecule has 0 aliphatic heterocycles. The molecule has 1 saturated carbocycles. The summed E-state index contributed by atoms with van der Waals surface area (Å²) >= 11 is 3.66. The first kappa shape index (κ1) is 12.9. The van der Waals surface area contributed by atoms with Gasteiger partial charge in [-0.1, -0.05) is 34.8 Å². The molecule has 0 amide bonds. The third-order valence-electron chi connectivity index (χ3n) is 3.69. The van der Waals surface area contributed by atoms with Gasteiger partial charge in [-0.15, -0.1) is 0 Å². The molecule has 0 heterocycles. The minimum absolute atomic E-state index is 0.373. The van der Waals surface area contributed by atoms with E-state index in [-0.39, 0.29) is 0 Å². The van der Waals surface area contributed by atoms with Crippen LogP contribution in [0.25, 0.3) is 0 Å². The summed E-state index contributed by atoms with van der Waals surface area (Å²) in [6, 6.07) is 6.44. The molecule has 0 radical (unpaired) electrons. The fraction of sp³-hybridized carbons (Fsp3) is 0.600. The van der Waals surface area contributed by atoms with Crippen molar-refractivity contribution < 1.29 is 4.74 Å². The van der Waals surface area contributed by atoms with Crippen LogP contribution in [0.2, 0.25) is 0 Å². The Morgan fingerprint density at radius 2 is 1.71 bits per heavy atom. The van der Waals surface area contributed by atoms with Crippen molar-refractivity contribution in [2.45, 2.75) is 39.5 Å². The molecule has 0 aromatic heterocycles. The van der Waals surface area contributed by atoms with E-state index in [2.05, 4.69) is 48.0 Å². The Kier molecular flexibility index (Phi) is 4.13. The molecule has 1 aliphatic rings. The minimum atomic E-state index is 0.373. The number of ether oxygens (including phenoxy) is 1. The third kappa shape index (κ3) is 3.25. The normalized spacial score (nSPS) is 18.3. The predicted octanol–water partition coefficient (Wildman–Crippen LogP) is 4.64. The molecule has 0 unspecified atom stereocenters. The minimum Gasteiger partial charge on any atom is -0.493 e. The zero-order valence-corrected chi connectivity index (χ0v) is 12.3. The second-order valence-electron chi connectivity index (χ2n) is 5.45. The molecule has 1 aliphatic carbocycles. The van der Waals surface area contributed by atoms with Crippen molar-refractivity contribution in [3.63, 3.8) is 0 Å². The zero-order valence-electron chi connectivity index (χ0n) is 10.8. The van der Waals surface area contributed by atoms with Gasteiger partial charge in [-0.25, -0.2) is 0 Å². The summed E-state index contributed by atoms with van der Waals surface area (Å²) in [4.78, 5) is 0. The number of hydrogen-bond donors (Lipinski definition) is 0. The van der Waals surface area contributed by atoms with Crippen molar-refractivity contribution in [2.75, 3.05) is 11.9 Å². The Labute approximate surface area is 113 Å².